The largest absolute Gasteiger partial charge is 0.381 e. The second-order valence-corrected chi connectivity index (χ2v) is 4.68. The van der Waals surface area contributed by atoms with Crippen molar-refractivity contribution in [3.05, 3.63) is 35.4 Å². The van der Waals surface area contributed by atoms with Crippen LogP contribution in [-0.2, 0) is 11.2 Å². The molecule has 0 saturated carbocycles. The summed E-state index contributed by atoms with van der Waals surface area (Å²) >= 11 is 5.94. The molecule has 0 radical (unpaired) electrons. The highest BCUT2D eigenvalue weighted by molar-refractivity contribution is 6.30. The molecule has 0 spiro atoms. The molecular formula is C12H13ClN2O. The SMILES string of the molecule is Clc1ccn2c(CC3CCOC3)ncc2c1. The summed E-state index contributed by atoms with van der Waals surface area (Å²) in [4.78, 5) is 4.45. The number of ether oxygens (including phenoxy) is 1. The maximum atomic E-state index is 5.94. The molecule has 0 bridgehead atoms. The number of nitrogens with zero attached hydrogens (tertiary/aromatic N) is 2. The van der Waals surface area contributed by atoms with Gasteiger partial charge < -0.3 is 9.14 Å². The van der Waals surface area contributed by atoms with Gasteiger partial charge in [0.2, 0.25) is 0 Å². The fraction of sp³-hybridized carbons (Fsp3) is 0.417. The minimum absolute atomic E-state index is 0.612. The fourth-order valence-electron chi connectivity index (χ4n) is 2.18. The van der Waals surface area contributed by atoms with Crippen LogP contribution >= 0.6 is 11.6 Å². The van der Waals surface area contributed by atoms with Gasteiger partial charge >= 0.3 is 0 Å². The molecule has 3 heterocycles. The maximum Gasteiger partial charge on any atom is 0.113 e. The first-order chi connectivity index (χ1) is 7.83. The zero-order valence-electron chi connectivity index (χ0n) is 8.90. The van der Waals surface area contributed by atoms with E-state index in [0.717, 1.165) is 42.4 Å². The molecule has 0 aromatic carbocycles. The molecule has 3 nitrogen and oxygen atoms in total. The maximum absolute atomic E-state index is 5.94. The highest BCUT2D eigenvalue weighted by Gasteiger charge is 2.18. The van der Waals surface area contributed by atoms with E-state index in [1.54, 1.807) is 0 Å². The summed E-state index contributed by atoms with van der Waals surface area (Å²) in [6.45, 7) is 1.75. The molecule has 1 saturated heterocycles. The second-order valence-electron chi connectivity index (χ2n) is 4.25. The average molecular weight is 237 g/mol. The molecule has 0 aliphatic carbocycles. The first kappa shape index (κ1) is 10.1. The van der Waals surface area contributed by atoms with Gasteiger partial charge in [-0.25, -0.2) is 4.98 Å². The van der Waals surface area contributed by atoms with E-state index in [1.165, 1.54) is 0 Å². The Labute approximate surface area is 99.0 Å². The summed E-state index contributed by atoms with van der Waals surface area (Å²) < 4.78 is 7.48. The Balaban J connectivity index is 1.91. The topological polar surface area (TPSA) is 26.5 Å². The third-order valence-corrected chi connectivity index (χ3v) is 3.30. The van der Waals surface area contributed by atoms with Crippen LogP contribution in [0.5, 0.6) is 0 Å². The van der Waals surface area contributed by atoms with Crippen LogP contribution < -0.4 is 0 Å². The molecule has 0 N–H and O–H groups in total. The van der Waals surface area contributed by atoms with Crippen molar-refractivity contribution < 1.29 is 4.74 Å². The van der Waals surface area contributed by atoms with Crippen molar-refractivity contribution in [1.29, 1.82) is 0 Å². The Hall–Kier alpha value is -1.06. The van der Waals surface area contributed by atoms with Gasteiger partial charge in [0, 0.05) is 30.9 Å². The van der Waals surface area contributed by atoms with Gasteiger partial charge in [-0.1, -0.05) is 11.6 Å². The lowest BCUT2D eigenvalue weighted by atomic mass is 10.1. The smallest absolute Gasteiger partial charge is 0.113 e. The zero-order chi connectivity index (χ0) is 11.0. The monoisotopic (exact) mass is 236 g/mol. The summed E-state index contributed by atoms with van der Waals surface area (Å²) in [6.07, 6.45) is 5.98. The van der Waals surface area contributed by atoms with Gasteiger partial charge in [0.25, 0.3) is 0 Å². The first-order valence-electron chi connectivity index (χ1n) is 5.52. The molecule has 2 aromatic rings. The number of imidazole rings is 1. The minimum Gasteiger partial charge on any atom is -0.381 e. The van der Waals surface area contributed by atoms with E-state index in [2.05, 4.69) is 9.38 Å². The second kappa shape index (κ2) is 4.07. The summed E-state index contributed by atoms with van der Waals surface area (Å²) in [5.74, 6) is 1.71. The van der Waals surface area contributed by atoms with Gasteiger partial charge in [-0.05, 0) is 24.5 Å². The number of aromatic nitrogens is 2. The number of rotatable bonds is 2. The normalized spacial score (nSPS) is 20.7. The average Bonchev–Trinajstić information content (AvgIpc) is 2.89. The van der Waals surface area contributed by atoms with Crippen LogP contribution in [0.2, 0.25) is 5.02 Å². The molecule has 3 rings (SSSR count). The summed E-state index contributed by atoms with van der Waals surface area (Å²) in [6, 6.07) is 3.83. The van der Waals surface area contributed by atoms with Gasteiger partial charge in [-0.2, -0.15) is 0 Å². The lowest BCUT2D eigenvalue weighted by Gasteiger charge is -2.06. The van der Waals surface area contributed by atoms with E-state index in [1.807, 2.05) is 24.5 Å². The molecule has 84 valence electrons. The van der Waals surface area contributed by atoms with Gasteiger partial charge in [0.15, 0.2) is 0 Å². The number of halogens is 1. The highest BCUT2D eigenvalue weighted by Crippen LogP contribution is 2.20. The lowest BCUT2D eigenvalue weighted by Crippen LogP contribution is -2.06. The number of fused-ring (bicyclic) bond motifs is 1. The molecule has 0 amide bonds. The molecule has 16 heavy (non-hydrogen) atoms. The van der Waals surface area contributed by atoms with Crippen LogP contribution in [0.3, 0.4) is 0 Å². The summed E-state index contributed by atoms with van der Waals surface area (Å²) in [5.41, 5.74) is 1.06. The Morgan fingerprint density at radius 2 is 2.50 bits per heavy atom. The molecular weight excluding hydrogens is 224 g/mol. The van der Waals surface area contributed by atoms with Crippen molar-refractivity contribution in [3.8, 4) is 0 Å². The van der Waals surface area contributed by atoms with Crippen molar-refractivity contribution in [2.24, 2.45) is 5.92 Å². The highest BCUT2D eigenvalue weighted by atomic mass is 35.5. The predicted molar refractivity (Wildman–Crippen MR) is 62.8 cm³/mol. The molecule has 1 fully saturated rings. The van der Waals surface area contributed by atoms with Crippen molar-refractivity contribution in [2.45, 2.75) is 12.8 Å². The Kier molecular flexibility index (Phi) is 2.58. The zero-order valence-corrected chi connectivity index (χ0v) is 9.65. The number of hydrogen-bond acceptors (Lipinski definition) is 2. The van der Waals surface area contributed by atoms with Crippen LogP contribution in [0.25, 0.3) is 5.52 Å². The van der Waals surface area contributed by atoms with Crippen LogP contribution in [0, 0.1) is 5.92 Å². The van der Waals surface area contributed by atoms with Crippen molar-refractivity contribution in [2.75, 3.05) is 13.2 Å². The van der Waals surface area contributed by atoms with Gasteiger partial charge in [-0.3, -0.25) is 0 Å². The van der Waals surface area contributed by atoms with Crippen LogP contribution in [0.1, 0.15) is 12.2 Å². The van der Waals surface area contributed by atoms with Gasteiger partial charge in [0.05, 0.1) is 11.7 Å². The Bertz CT molecular complexity index is 503. The van der Waals surface area contributed by atoms with E-state index >= 15 is 0 Å². The molecule has 2 aromatic heterocycles. The first-order valence-corrected chi connectivity index (χ1v) is 5.90. The van der Waals surface area contributed by atoms with Crippen LogP contribution in [0.15, 0.2) is 24.5 Å². The molecule has 1 unspecified atom stereocenters. The van der Waals surface area contributed by atoms with E-state index in [9.17, 15) is 0 Å². The summed E-state index contributed by atoms with van der Waals surface area (Å²) in [5, 5.41) is 0.753. The summed E-state index contributed by atoms with van der Waals surface area (Å²) in [7, 11) is 0. The number of hydrogen-bond donors (Lipinski definition) is 0. The molecule has 4 heteroatoms. The third-order valence-electron chi connectivity index (χ3n) is 3.07. The Morgan fingerprint density at radius 3 is 3.31 bits per heavy atom. The van der Waals surface area contributed by atoms with E-state index in [-0.39, 0.29) is 0 Å². The number of pyridine rings is 1. The van der Waals surface area contributed by atoms with E-state index < -0.39 is 0 Å². The molecule has 1 atom stereocenters. The Morgan fingerprint density at radius 1 is 1.56 bits per heavy atom. The van der Waals surface area contributed by atoms with Crippen molar-refractivity contribution in [3.63, 3.8) is 0 Å². The lowest BCUT2D eigenvalue weighted by molar-refractivity contribution is 0.185. The van der Waals surface area contributed by atoms with Crippen molar-refractivity contribution in [1.82, 2.24) is 9.38 Å². The molecule has 1 aliphatic rings. The predicted octanol–water partition coefficient (Wildman–Crippen LogP) is 2.57. The standard InChI is InChI=1S/C12H13ClN2O/c13-10-1-3-15-11(6-10)7-14-12(15)5-9-2-4-16-8-9/h1,3,6-7,9H,2,4-5,8H2. The van der Waals surface area contributed by atoms with Gasteiger partial charge in [-0.15, -0.1) is 0 Å². The van der Waals surface area contributed by atoms with Crippen LogP contribution in [-0.4, -0.2) is 22.6 Å². The van der Waals surface area contributed by atoms with E-state index in [0.29, 0.717) is 5.92 Å². The molecule has 1 aliphatic heterocycles. The quantitative estimate of drug-likeness (QED) is 0.801. The third kappa shape index (κ3) is 1.81. The van der Waals surface area contributed by atoms with Gasteiger partial charge in [0.1, 0.15) is 5.82 Å². The van der Waals surface area contributed by atoms with E-state index in [4.69, 9.17) is 16.3 Å². The van der Waals surface area contributed by atoms with Crippen LogP contribution in [0.4, 0.5) is 0 Å². The van der Waals surface area contributed by atoms with Crippen molar-refractivity contribution >= 4 is 17.1 Å². The fourth-order valence-corrected chi connectivity index (χ4v) is 2.35. The minimum atomic E-state index is 0.612.